The summed E-state index contributed by atoms with van der Waals surface area (Å²) in [7, 11) is 0. The van der Waals surface area contributed by atoms with E-state index in [0.717, 1.165) is 12.8 Å². The molecule has 0 fully saturated rings. The number of hydrogen-bond donors (Lipinski definition) is 3. The second-order valence-electron chi connectivity index (χ2n) is 3.61. The van der Waals surface area contributed by atoms with Gasteiger partial charge in [-0.25, -0.2) is 0 Å². The van der Waals surface area contributed by atoms with E-state index in [1.807, 2.05) is 13.8 Å². The first-order chi connectivity index (χ1) is 6.61. The summed E-state index contributed by atoms with van der Waals surface area (Å²) in [4.78, 5) is 10.8. The lowest BCUT2D eigenvalue weighted by atomic mass is 10.1. The Bertz CT molecular complexity index is 161. The largest absolute Gasteiger partial charge is 0.480 e. The number of carboxylic acids is 1. The summed E-state index contributed by atoms with van der Waals surface area (Å²) in [5, 5.41) is 20.6. The van der Waals surface area contributed by atoms with E-state index in [1.165, 1.54) is 0 Å². The normalized spacial score (nSPS) is 15.1. The predicted molar refractivity (Wildman–Crippen MR) is 55.2 cm³/mol. The van der Waals surface area contributed by atoms with Crippen molar-refractivity contribution < 1.29 is 15.0 Å². The Labute approximate surface area is 85.3 Å². The molecule has 84 valence electrons. The SMILES string of the molecule is CCCCC(NC(C)CCO)C(=O)O. The zero-order valence-electron chi connectivity index (χ0n) is 8.99. The maximum absolute atomic E-state index is 10.8. The third kappa shape index (κ3) is 5.94. The van der Waals surface area contributed by atoms with Gasteiger partial charge in [-0.2, -0.15) is 0 Å². The summed E-state index contributed by atoms with van der Waals surface area (Å²) < 4.78 is 0. The molecule has 0 amide bonds. The van der Waals surface area contributed by atoms with E-state index in [-0.39, 0.29) is 12.6 Å². The van der Waals surface area contributed by atoms with Gasteiger partial charge in [0.1, 0.15) is 6.04 Å². The van der Waals surface area contributed by atoms with Crippen molar-refractivity contribution in [1.82, 2.24) is 5.32 Å². The Morgan fingerprint density at radius 2 is 2.07 bits per heavy atom. The van der Waals surface area contributed by atoms with Gasteiger partial charge in [0.25, 0.3) is 0 Å². The molecule has 0 aromatic rings. The molecule has 0 heterocycles. The van der Waals surface area contributed by atoms with Crippen molar-refractivity contribution in [3.8, 4) is 0 Å². The smallest absolute Gasteiger partial charge is 0.320 e. The number of carboxylic acid groups (broad SMARTS) is 1. The van der Waals surface area contributed by atoms with Gasteiger partial charge in [0, 0.05) is 12.6 Å². The molecule has 0 aliphatic carbocycles. The Balaban J connectivity index is 3.89. The number of aliphatic hydroxyl groups excluding tert-OH is 1. The van der Waals surface area contributed by atoms with Crippen LogP contribution in [0, 0.1) is 0 Å². The highest BCUT2D eigenvalue weighted by molar-refractivity contribution is 5.73. The Kier molecular flexibility index (Phi) is 7.42. The molecule has 0 saturated carbocycles. The molecule has 0 aliphatic heterocycles. The topological polar surface area (TPSA) is 69.6 Å². The van der Waals surface area contributed by atoms with Crippen molar-refractivity contribution in [3.05, 3.63) is 0 Å². The molecule has 0 bridgehead atoms. The fourth-order valence-corrected chi connectivity index (χ4v) is 1.31. The highest BCUT2D eigenvalue weighted by Gasteiger charge is 2.18. The molecule has 2 unspecified atom stereocenters. The highest BCUT2D eigenvalue weighted by atomic mass is 16.4. The second kappa shape index (κ2) is 7.76. The average Bonchev–Trinajstić information content (AvgIpc) is 2.12. The van der Waals surface area contributed by atoms with Gasteiger partial charge < -0.3 is 15.5 Å². The van der Waals surface area contributed by atoms with Crippen LogP contribution in [-0.4, -0.2) is 34.9 Å². The first-order valence-corrected chi connectivity index (χ1v) is 5.21. The third-order valence-corrected chi connectivity index (χ3v) is 2.19. The fraction of sp³-hybridized carbons (Fsp3) is 0.900. The van der Waals surface area contributed by atoms with Gasteiger partial charge in [-0.15, -0.1) is 0 Å². The lowest BCUT2D eigenvalue weighted by Gasteiger charge is -2.19. The summed E-state index contributed by atoms with van der Waals surface area (Å²) in [6.07, 6.45) is 3.16. The number of unbranched alkanes of at least 4 members (excludes halogenated alkanes) is 1. The van der Waals surface area contributed by atoms with Crippen molar-refractivity contribution >= 4 is 5.97 Å². The molecule has 2 atom stereocenters. The maximum Gasteiger partial charge on any atom is 0.320 e. The van der Waals surface area contributed by atoms with E-state index in [2.05, 4.69) is 5.32 Å². The quantitative estimate of drug-likeness (QED) is 0.550. The number of aliphatic hydroxyl groups is 1. The molecule has 0 aromatic carbocycles. The van der Waals surface area contributed by atoms with Crippen LogP contribution in [-0.2, 0) is 4.79 Å². The molecule has 0 radical (unpaired) electrons. The van der Waals surface area contributed by atoms with Crippen molar-refractivity contribution in [1.29, 1.82) is 0 Å². The van der Waals surface area contributed by atoms with Gasteiger partial charge in [0.15, 0.2) is 0 Å². The standard InChI is InChI=1S/C10H21NO3/c1-3-4-5-9(10(13)14)11-8(2)6-7-12/h8-9,11-12H,3-7H2,1-2H3,(H,13,14). The van der Waals surface area contributed by atoms with E-state index in [1.54, 1.807) is 0 Å². The summed E-state index contributed by atoms with van der Waals surface area (Å²) in [6, 6.07) is -0.422. The molecule has 0 spiro atoms. The summed E-state index contributed by atoms with van der Waals surface area (Å²) >= 11 is 0. The lowest BCUT2D eigenvalue weighted by molar-refractivity contribution is -0.139. The van der Waals surface area contributed by atoms with Crippen LogP contribution in [0.25, 0.3) is 0 Å². The molecule has 0 aromatic heterocycles. The van der Waals surface area contributed by atoms with Gasteiger partial charge in [-0.3, -0.25) is 4.79 Å². The third-order valence-electron chi connectivity index (χ3n) is 2.19. The van der Waals surface area contributed by atoms with Crippen LogP contribution in [0.1, 0.15) is 39.5 Å². The van der Waals surface area contributed by atoms with Gasteiger partial charge in [-0.1, -0.05) is 19.8 Å². The van der Waals surface area contributed by atoms with Crippen LogP contribution in [0.4, 0.5) is 0 Å². The minimum atomic E-state index is -0.803. The Hall–Kier alpha value is -0.610. The molecule has 3 N–H and O–H groups in total. The van der Waals surface area contributed by atoms with Crippen molar-refractivity contribution in [3.63, 3.8) is 0 Å². The van der Waals surface area contributed by atoms with E-state index in [4.69, 9.17) is 10.2 Å². The summed E-state index contributed by atoms with van der Waals surface area (Å²) in [6.45, 7) is 4.02. The van der Waals surface area contributed by atoms with Crippen molar-refractivity contribution in [2.75, 3.05) is 6.61 Å². The van der Waals surface area contributed by atoms with Gasteiger partial charge in [0.2, 0.25) is 0 Å². The van der Waals surface area contributed by atoms with Crippen LogP contribution in [0.2, 0.25) is 0 Å². The highest BCUT2D eigenvalue weighted by Crippen LogP contribution is 2.03. The molecular formula is C10H21NO3. The number of hydrogen-bond acceptors (Lipinski definition) is 3. The molecule has 0 aliphatic rings. The predicted octanol–water partition coefficient (Wildman–Crippen LogP) is 0.990. The number of aliphatic carboxylic acids is 1. The fourth-order valence-electron chi connectivity index (χ4n) is 1.31. The van der Waals surface area contributed by atoms with E-state index in [0.29, 0.717) is 12.8 Å². The minimum absolute atomic E-state index is 0.0537. The van der Waals surface area contributed by atoms with Crippen molar-refractivity contribution in [2.45, 2.75) is 51.6 Å². The zero-order valence-corrected chi connectivity index (χ0v) is 8.99. The number of carbonyl (C=O) groups is 1. The number of rotatable bonds is 8. The maximum atomic E-state index is 10.8. The Morgan fingerprint density at radius 3 is 2.50 bits per heavy atom. The van der Waals surface area contributed by atoms with Crippen LogP contribution in [0.15, 0.2) is 0 Å². The lowest BCUT2D eigenvalue weighted by Crippen LogP contribution is -2.42. The van der Waals surface area contributed by atoms with Crippen LogP contribution >= 0.6 is 0 Å². The van der Waals surface area contributed by atoms with E-state index >= 15 is 0 Å². The zero-order chi connectivity index (χ0) is 11.0. The van der Waals surface area contributed by atoms with Crippen LogP contribution < -0.4 is 5.32 Å². The van der Waals surface area contributed by atoms with Gasteiger partial charge >= 0.3 is 5.97 Å². The molecule has 0 saturated heterocycles. The van der Waals surface area contributed by atoms with E-state index < -0.39 is 12.0 Å². The second-order valence-corrected chi connectivity index (χ2v) is 3.61. The number of nitrogens with one attached hydrogen (secondary N) is 1. The van der Waals surface area contributed by atoms with Gasteiger partial charge in [0.05, 0.1) is 0 Å². The minimum Gasteiger partial charge on any atom is -0.480 e. The monoisotopic (exact) mass is 203 g/mol. The van der Waals surface area contributed by atoms with Crippen LogP contribution in [0.3, 0.4) is 0 Å². The molecule has 4 heteroatoms. The molecular weight excluding hydrogens is 182 g/mol. The first-order valence-electron chi connectivity index (χ1n) is 5.21. The first kappa shape index (κ1) is 13.4. The summed E-state index contributed by atoms with van der Waals surface area (Å²) in [5.41, 5.74) is 0. The Morgan fingerprint density at radius 1 is 1.43 bits per heavy atom. The molecule has 14 heavy (non-hydrogen) atoms. The van der Waals surface area contributed by atoms with Gasteiger partial charge in [-0.05, 0) is 19.8 Å². The summed E-state index contributed by atoms with van der Waals surface area (Å²) in [5.74, 6) is -0.803. The van der Waals surface area contributed by atoms with Crippen molar-refractivity contribution in [2.24, 2.45) is 0 Å². The molecule has 4 nitrogen and oxygen atoms in total. The van der Waals surface area contributed by atoms with Crippen LogP contribution in [0.5, 0.6) is 0 Å². The molecule has 0 rings (SSSR count). The average molecular weight is 203 g/mol. The van der Waals surface area contributed by atoms with E-state index in [9.17, 15) is 4.79 Å².